The Morgan fingerprint density at radius 2 is 1.29 bits per heavy atom. The molecule has 0 aromatic rings. The summed E-state index contributed by atoms with van der Waals surface area (Å²) in [6.45, 7) is 13.2. The van der Waals surface area contributed by atoms with Gasteiger partial charge >= 0.3 is 0 Å². The molecule has 0 bridgehead atoms. The van der Waals surface area contributed by atoms with E-state index in [1.54, 1.807) is 0 Å². The molecule has 9 nitrogen and oxygen atoms in total. The van der Waals surface area contributed by atoms with Gasteiger partial charge in [0.05, 0.1) is 5.66 Å². The largest absolute Gasteiger partial charge is 0.330 e. The first-order valence-electron chi connectivity index (χ1n) is 13.6. The molecule has 2 saturated carbocycles. The highest BCUT2D eigenvalue weighted by Gasteiger charge is 2.24. The van der Waals surface area contributed by atoms with Crippen molar-refractivity contribution >= 4 is 0 Å². The van der Waals surface area contributed by atoms with Crippen LogP contribution in [-0.4, -0.2) is 69.6 Å². The van der Waals surface area contributed by atoms with Crippen molar-refractivity contribution in [3.8, 4) is 0 Å². The normalized spacial score (nSPS) is 23.0. The van der Waals surface area contributed by atoms with Crippen LogP contribution in [0.5, 0.6) is 0 Å². The van der Waals surface area contributed by atoms with Gasteiger partial charge in [0.25, 0.3) is 0 Å². The van der Waals surface area contributed by atoms with Gasteiger partial charge in [-0.25, -0.2) is 0 Å². The number of rotatable bonds is 7. The highest BCUT2D eigenvalue weighted by Crippen LogP contribution is 2.21. The molecule has 2 aliphatic carbocycles. The lowest BCUT2D eigenvalue weighted by Gasteiger charge is -2.30. The van der Waals surface area contributed by atoms with Crippen molar-refractivity contribution < 1.29 is 0 Å². The zero-order chi connectivity index (χ0) is 26.8. The molecule has 0 radical (unpaired) electrons. The second-order valence-corrected chi connectivity index (χ2v) is 9.60. The molecule has 0 aromatic heterocycles. The quantitative estimate of drug-likeness (QED) is 0.192. The topological polar surface area (TPSA) is 183 Å². The summed E-state index contributed by atoms with van der Waals surface area (Å²) in [6.07, 6.45) is 11.4. The van der Waals surface area contributed by atoms with Gasteiger partial charge in [0.15, 0.2) is 0 Å². The predicted molar refractivity (Wildman–Crippen MR) is 152 cm³/mol. The van der Waals surface area contributed by atoms with Gasteiger partial charge in [0, 0.05) is 32.7 Å². The summed E-state index contributed by atoms with van der Waals surface area (Å²) in [7, 11) is 3.99. The van der Waals surface area contributed by atoms with Crippen molar-refractivity contribution in [2.45, 2.75) is 110 Å². The SMILES string of the molecule is CC1C(N)CCCC1N.CCCNN(C)C.CCNCC.NC1(N)CCCCC1.NCCCN. The fourth-order valence-electron chi connectivity index (χ4n) is 3.35. The second kappa shape index (κ2) is 27.2. The lowest BCUT2D eigenvalue weighted by atomic mass is 9.83. The molecule has 0 saturated heterocycles. The Balaban J connectivity index is -0.000000361. The van der Waals surface area contributed by atoms with Crippen molar-refractivity contribution in [2.75, 3.05) is 46.8 Å². The second-order valence-electron chi connectivity index (χ2n) is 9.60. The van der Waals surface area contributed by atoms with Gasteiger partial charge in [0.2, 0.25) is 0 Å². The summed E-state index contributed by atoms with van der Waals surface area (Å²) in [5.41, 5.74) is 35.8. The molecule has 2 fully saturated rings. The Morgan fingerprint density at radius 1 is 0.824 bits per heavy atom. The number of nitrogens with one attached hydrogen (secondary N) is 2. The van der Waals surface area contributed by atoms with Gasteiger partial charge in [-0.05, 0) is 70.6 Å². The fourth-order valence-corrected chi connectivity index (χ4v) is 3.35. The molecule has 2 rings (SSSR count). The molecule has 14 N–H and O–H groups in total. The Bertz CT molecular complexity index is 353. The third-order valence-corrected chi connectivity index (χ3v) is 5.80. The summed E-state index contributed by atoms with van der Waals surface area (Å²) < 4.78 is 0. The van der Waals surface area contributed by atoms with E-state index in [0.29, 0.717) is 18.0 Å². The molecule has 2 aliphatic rings. The van der Waals surface area contributed by atoms with E-state index in [4.69, 9.17) is 34.4 Å². The fraction of sp³-hybridized carbons (Fsp3) is 1.00. The van der Waals surface area contributed by atoms with Crippen LogP contribution in [0.2, 0.25) is 0 Å². The van der Waals surface area contributed by atoms with Crippen molar-refractivity contribution in [3.05, 3.63) is 0 Å². The number of hydrogen-bond donors (Lipinski definition) is 8. The van der Waals surface area contributed by atoms with E-state index in [1.807, 2.05) is 19.1 Å². The summed E-state index contributed by atoms with van der Waals surface area (Å²) >= 11 is 0. The van der Waals surface area contributed by atoms with Crippen LogP contribution in [0.3, 0.4) is 0 Å². The van der Waals surface area contributed by atoms with Crippen molar-refractivity contribution in [1.82, 2.24) is 15.8 Å². The maximum atomic E-state index is 5.79. The van der Waals surface area contributed by atoms with Gasteiger partial charge in [-0.1, -0.05) is 53.4 Å². The van der Waals surface area contributed by atoms with E-state index in [-0.39, 0.29) is 5.66 Å². The molecule has 0 aliphatic heterocycles. The first-order chi connectivity index (χ1) is 16.0. The summed E-state index contributed by atoms with van der Waals surface area (Å²) in [4.78, 5) is 0. The minimum absolute atomic E-state index is 0.321. The third kappa shape index (κ3) is 29.7. The zero-order valence-corrected chi connectivity index (χ0v) is 23.7. The van der Waals surface area contributed by atoms with Crippen LogP contribution in [0.15, 0.2) is 0 Å². The first-order valence-corrected chi connectivity index (χ1v) is 13.6. The number of nitrogens with two attached hydrogens (primary N) is 6. The lowest BCUT2D eigenvalue weighted by molar-refractivity contribution is 0.287. The molecule has 0 heterocycles. The molecule has 0 spiro atoms. The number of hydrogen-bond acceptors (Lipinski definition) is 9. The number of hydrazine groups is 1. The summed E-state index contributed by atoms with van der Waals surface area (Å²) in [5.74, 6) is 0.527. The van der Waals surface area contributed by atoms with Crippen molar-refractivity contribution in [1.29, 1.82) is 0 Å². The Morgan fingerprint density at radius 3 is 1.47 bits per heavy atom. The molecule has 2 atom stereocenters. The van der Waals surface area contributed by atoms with Crippen LogP contribution in [0, 0.1) is 5.92 Å². The molecular weight excluding hydrogens is 426 g/mol. The van der Waals surface area contributed by atoms with Gasteiger partial charge in [-0.15, -0.1) is 0 Å². The summed E-state index contributed by atoms with van der Waals surface area (Å²) in [5, 5.41) is 5.07. The highest BCUT2D eigenvalue weighted by molar-refractivity contribution is 4.83. The molecule has 210 valence electrons. The summed E-state index contributed by atoms with van der Waals surface area (Å²) in [6, 6.07) is 0.711. The van der Waals surface area contributed by atoms with E-state index >= 15 is 0 Å². The maximum absolute atomic E-state index is 5.79. The lowest BCUT2D eigenvalue weighted by Crippen LogP contribution is -2.50. The average Bonchev–Trinajstić information content (AvgIpc) is 2.79. The highest BCUT2D eigenvalue weighted by atomic mass is 15.5. The van der Waals surface area contributed by atoms with E-state index in [9.17, 15) is 0 Å². The van der Waals surface area contributed by atoms with E-state index in [1.165, 1.54) is 32.1 Å². The van der Waals surface area contributed by atoms with E-state index < -0.39 is 0 Å². The van der Waals surface area contributed by atoms with Crippen LogP contribution in [-0.2, 0) is 0 Å². The standard InChI is InChI=1S/C7H16N2.C6H14N2.C5H14N2.C4H11N.C3H10N2/c1-5-6(8)3-2-4-7(5)9;7-6(8)4-2-1-3-5-6;1-4-5-6-7(2)3;1-3-5-4-2;4-2-1-3-5/h5-7H,2-4,8-9H2,1H3;1-5,7-8H2;6H,4-5H2,1-3H3;5H,3-4H2,1-2H3;1-5H2. The molecular formula is C25H65N9. The predicted octanol–water partition coefficient (Wildman–Crippen LogP) is 1.40. The minimum atomic E-state index is -0.321. The average molecular weight is 492 g/mol. The van der Waals surface area contributed by atoms with Gasteiger partial charge < -0.3 is 39.7 Å². The molecule has 0 aromatic carbocycles. The molecule has 2 unspecified atom stereocenters. The molecule has 34 heavy (non-hydrogen) atoms. The smallest absolute Gasteiger partial charge is 0.0636 e. The van der Waals surface area contributed by atoms with Crippen LogP contribution in [0.4, 0.5) is 0 Å². The molecule has 0 amide bonds. The Hall–Kier alpha value is -0.360. The Kier molecular flexibility index (Phi) is 30.6. The van der Waals surface area contributed by atoms with Crippen LogP contribution in [0.25, 0.3) is 0 Å². The minimum Gasteiger partial charge on any atom is -0.330 e. The molecule has 9 heteroatoms. The van der Waals surface area contributed by atoms with Gasteiger partial charge in [0.1, 0.15) is 0 Å². The van der Waals surface area contributed by atoms with Crippen LogP contribution >= 0.6 is 0 Å². The van der Waals surface area contributed by atoms with Gasteiger partial charge in [-0.3, -0.25) is 10.4 Å². The van der Waals surface area contributed by atoms with E-state index in [2.05, 4.69) is 38.4 Å². The monoisotopic (exact) mass is 492 g/mol. The van der Waals surface area contributed by atoms with Crippen molar-refractivity contribution in [3.63, 3.8) is 0 Å². The van der Waals surface area contributed by atoms with Gasteiger partial charge in [-0.2, -0.15) is 0 Å². The van der Waals surface area contributed by atoms with Crippen LogP contribution in [0.1, 0.15) is 91.9 Å². The zero-order valence-electron chi connectivity index (χ0n) is 23.7. The Labute approximate surface area is 212 Å². The van der Waals surface area contributed by atoms with Crippen molar-refractivity contribution in [2.24, 2.45) is 40.3 Å². The number of nitrogens with zero attached hydrogens (tertiary/aromatic N) is 1. The van der Waals surface area contributed by atoms with Crippen LogP contribution < -0.4 is 45.1 Å². The maximum Gasteiger partial charge on any atom is 0.0636 e. The third-order valence-electron chi connectivity index (χ3n) is 5.80. The van der Waals surface area contributed by atoms with E-state index in [0.717, 1.165) is 64.8 Å². The first kappa shape index (κ1) is 38.2.